The summed E-state index contributed by atoms with van der Waals surface area (Å²) in [6, 6.07) is 0.845. The molecular weight excluding hydrogens is 232 g/mol. The zero-order valence-corrected chi connectivity index (χ0v) is 13.5. The lowest BCUT2D eigenvalue weighted by atomic mass is 9.80. The molecule has 2 nitrogen and oxygen atoms in total. The first-order valence-corrected chi connectivity index (χ1v) is 8.54. The highest BCUT2D eigenvalue weighted by molar-refractivity contribution is 4.89. The third-order valence-corrected chi connectivity index (χ3v) is 5.82. The highest BCUT2D eigenvalue weighted by Gasteiger charge is 2.33. The van der Waals surface area contributed by atoms with E-state index in [1.54, 1.807) is 0 Å². The monoisotopic (exact) mass is 266 g/mol. The van der Waals surface area contributed by atoms with Crippen LogP contribution in [0.1, 0.15) is 59.8 Å². The molecule has 2 heteroatoms. The lowest BCUT2D eigenvalue weighted by molar-refractivity contribution is 0.0760. The zero-order chi connectivity index (χ0) is 13.9. The zero-order valence-electron chi connectivity index (χ0n) is 13.5. The molecule has 1 N–H and O–H groups in total. The number of hydrogen-bond donors (Lipinski definition) is 1. The summed E-state index contributed by atoms with van der Waals surface area (Å²) in [4.78, 5) is 2.74. The van der Waals surface area contributed by atoms with Gasteiger partial charge in [0.2, 0.25) is 0 Å². The first-order valence-electron chi connectivity index (χ1n) is 8.54. The van der Waals surface area contributed by atoms with Gasteiger partial charge in [-0.1, -0.05) is 27.7 Å². The van der Waals surface area contributed by atoms with Crippen molar-refractivity contribution in [1.82, 2.24) is 10.2 Å². The van der Waals surface area contributed by atoms with Crippen LogP contribution >= 0.6 is 0 Å². The average molecular weight is 266 g/mol. The summed E-state index contributed by atoms with van der Waals surface area (Å²) in [5.41, 5.74) is 0.503. The van der Waals surface area contributed by atoms with E-state index in [2.05, 4.69) is 37.9 Å². The Labute approximate surface area is 120 Å². The quantitative estimate of drug-likeness (QED) is 0.758. The van der Waals surface area contributed by atoms with Crippen molar-refractivity contribution in [3.8, 4) is 0 Å². The topological polar surface area (TPSA) is 15.3 Å². The van der Waals surface area contributed by atoms with E-state index in [-0.39, 0.29) is 0 Å². The van der Waals surface area contributed by atoms with Crippen LogP contribution in [0.2, 0.25) is 0 Å². The molecular formula is C17H34N2. The van der Waals surface area contributed by atoms with E-state index in [9.17, 15) is 0 Å². The van der Waals surface area contributed by atoms with Crippen molar-refractivity contribution < 1.29 is 0 Å². The van der Waals surface area contributed by atoms with Crippen molar-refractivity contribution in [2.45, 2.75) is 65.8 Å². The van der Waals surface area contributed by atoms with Gasteiger partial charge in [-0.15, -0.1) is 0 Å². The molecule has 1 aliphatic carbocycles. The van der Waals surface area contributed by atoms with Gasteiger partial charge in [0, 0.05) is 25.7 Å². The van der Waals surface area contributed by atoms with Gasteiger partial charge in [0.1, 0.15) is 0 Å². The Morgan fingerprint density at radius 3 is 2.26 bits per heavy atom. The van der Waals surface area contributed by atoms with Gasteiger partial charge in [-0.25, -0.2) is 0 Å². The molecule has 0 aromatic carbocycles. The van der Waals surface area contributed by atoms with E-state index >= 15 is 0 Å². The average Bonchev–Trinajstić information content (AvgIpc) is 3.23. The van der Waals surface area contributed by atoms with E-state index in [0.29, 0.717) is 5.41 Å². The molecule has 112 valence electrons. The summed E-state index contributed by atoms with van der Waals surface area (Å²) in [7, 11) is 0. The molecule has 2 fully saturated rings. The minimum atomic E-state index is 0.503. The molecule has 1 saturated carbocycles. The maximum Gasteiger partial charge on any atom is 0.00684 e. The molecule has 0 aromatic heterocycles. The highest BCUT2D eigenvalue weighted by atomic mass is 15.1. The first-order chi connectivity index (χ1) is 9.08. The second-order valence-corrected chi connectivity index (χ2v) is 7.34. The van der Waals surface area contributed by atoms with Crippen LogP contribution in [-0.2, 0) is 0 Å². The van der Waals surface area contributed by atoms with Crippen LogP contribution in [-0.4, -0.2) is 37.1 Å². The summed E-state index contributed by atoms with van der Waals surface area (Å²) in [6.45, 7) is 14.8. The molecule has 2 atom stereocenters. The molecule has 2 aliphatic rings. The van der Waals surface area contributed by atoms with Gasteiger partial charge >= 0.3 is 0 Å². The Morgan fingerprint density at radius 2 is 1.74 bits per heavy atom. The maximum atomic E-state index is 3.78. The number of rotatable bonds is 7. The van der Waals surface area contributed by atoms with Gasteiger partial charge in [0.05, 0.1) is 0 Å². The summed E-state index contributed by atoms with van der Waals surface area (Å²) in [5, 5.41) is 3.78. The standard InChI is InChI=1S/C17H34N2/c1-5-17(6-2,12-18-16-7-8-16)13-19-10-9-14(3)15(4)11-19/h14-16,18H,5-13H2,1-4H3. The van der Waals surface area contributed by atoms with Crippen molar-refractivity contribution in [3.63, 3.8) is 0 Å². The van der Waals surface area contributed by atoms with Crippen LogP contribution in [0.25, 0.3) is 0 Å². The fraction of sp³-hybridized carbons (Fsp3) is 1.00. The van der Waals surface area contributed by atoms with Gasteiger partial charge in [0.15, 0.2) is 0 Å². The number of hydrogen-bond acceptors (Lipinski definition) is 2. The van der Waals surface area contributed by atoms with Gasteiger partial charge < -0.3 is 10.2 Å². The molecule has 0 aromatic rings. The largest absolute Gasteiger partial charge is 0.313 e. The molecule has 19 heavy (non-hydrogen) atoms. The molecule has 2 rings (SSSR count). The van der Waals surface area contributed by atoms with Crippen molar-refractivity contribution in [3.05, 3.63) is 0 Å². The minimum Gasteiger partial charge on any atom is -0.313 e. The number of likely N-dealkylation sites (tertiary alicyclic amines) is 1. The Kier molecular flexibility index (Phi) is 5.30. The van der Waals surface area contributed by atoms with Gasteiger partial charge in [-0.05, 0) is 55.9 Å². The van der Waals surface area contributed by atoms with Gasteiger partial charge in [-0.2, -0.15) is 0 Å². The maximum absolute atomic E-state index is 3.78. The second-order valence-electron chi connectivity index (χ2n) is 7.34. The molecule has 0 amide bonds. The molecule has 1 aliphatic heterocycles. The van der Waals surface area contributed by atoms with Crippen LogP contribution in [0, 0.1) is 17.3 Å². The number of piperidine rings is 1. The summed E-state index contributed by atoms with van der Waals surface area (Å²) in [5.74, 6) is 1.79. The van der Waals surface area contributed by atoms with E-state index in [1.165, 1.54) is 58.3 Å². The van der Waals surface area contributed by atoms with Crippen molar-refractivity contribution in [1.29, 1.82) is 0 Å². The van der Waals surface area contributed by atoms with E-state index in [0.717, 1.165) is 17.9 Å². The van der Waals surface area contributed by atoms with Gasteiger partial charge in [0.25, 0.3) is 0 Å². The third kappa shape index (κ3) is 4.19. The fourth-order valence-corrected chi connectivity index (χ4v) is 3.39. The molecule has 0 spiro atoms. The van der Waals surface area contributed by atoms with Gasteiger partial charge in [-0.3, -0.25) is 0 Å². The number of nitrogens with zero attached hydrogens (tertiary/aromatic N) is 1. The lowest BCUT2D eigenvalue weighted by Gasteiger charge is -2.42. The van der Waals surface area contributed by atoms with Crippen LogP contribution in [0.4, 0.5) is 0 Å². The predicted octanol–water partition coefficient (Wildman–Crippen LogP) is 3.52. The molecule has 0 bridgehead atoms. The molecule has 1 saturated heterocycles. The SMILES string of the molecule is CCC(CC)(CNC1CC1)CN1CCC(C)C(C)C1. The predicted molar refractivity (Wildman–Crippen MR) is 83.4 cm³/mol. The Bertz CT molecular complexity index is 268. The van der Waals surface area contributed by atoms with Crippen molar-refractivity contribution in [2.75, 3.05) is 26.2 Å². The first kappa shape index (κ1) is 15.3. The third-order valence-electron chi connectivity index (χ3n) is 5.82. The fourth-order valence-electron chi connectivity index (χ4n) is 3.39. The van der Waals surface area contributed by atoms with Crippen molar-refractivity contribution in [2.24, 2.45) is 17.3 Å². The summed E-state index contributed by atoms with van der Waals surface area (Å²) >= 11 is 0. The number of nitrogens with one attached hydrogen (secondary N) is 1. The smallest absolute Gasteiger partial charge is 0.00684 e. The summed E-state index contributed by atoms with van der Waals surface area (Å²) < 4.78 is 0. The van der Waals surface area contributed by atoms with E-state index < -0.39 is 0 Å². The van der Waals surface area contributed by atoms with Crippen LogP contribution in [0.5, 0.6) is 0 Å². The summed E-state index contributed by atoms with van der Waals surface area (Å²) in [6.07, 6.45) is 6.82. The van der Waals surface area contributed by atoms with Crippen LogP contribution < -0.4 is 5.32 Å². The van der Waals surface area contributed by atoms with Crippen LogP contribution in [0.15, 0.2) is 0 Å². The Morgan fingerprint density at radius 1 is 1.05 bits per heavy atom. The van der Waals surface area contributed by atoms with Crippen LogP contribution in [0.3, 0.4) is 0 Å². The molecule has 0 radical (unpaired) electrons. The highest BCUT2D eigenvalue weighted by Crippen LogP contribution is 2.32. The van der Waals surface area contributed by atoms with E-state index in [4.69, 9.17) is 0 Å². The normalized spacial score (nSPS) is 29.7. The second kappa shape index (κ2) is 6.58. The minimum absolute atomic E-state index is 0.503. The Balaban J connectivity index is 1.87. The Hall–Kier alpha value is -0.0800. The molecule has 1 heterocycles. The van der Waals surface area contributed by atoms with E-state index in [1.807, 2.05) is 0 Å². The molecule has 2 unspecified atom stereocenters. The lowest BCUT2D eigenvalue weighted by Crippen LogP contribution is -2.48. The van der Waals surface area contributed by atoms with Crippen molar-refractivity contribution >= 4 is 0 Å².